The second-order valence-corrected chi connectivity index (χ2v) is 6.42. The molecule has 0 saturated carbocycles. The highest BCUT2D eigenvalue weighted by Crippen LogP contribution is 2.25. The average molecular weight is 357 g/mol. The molecular weight excluding hydrogens is 334 g/mol. The van der Waals surface area contributed by atoms with Crippen molar-refractivity contribution in [2.45, 2.75) is 6.92 Å². The van der Waals surface area contributed by atoms with E-state index in [0.29, 0.717) is 17.5 Å². The lowest BCUT2D eigenvalue weighted by molar-refractivity contribution is 0.144. The molecule has 1 aliphatic heterocycles. The van der Waals surface area contributed by atoms with E-state index in [1.807, 2.05) is 6.92 Å². The van der Waals surface area contributed by atoms with Crippen molar-refractivity contribution in [3.05, 3.63) is 24.0 Å². The molecular formula is C17H23N7O2. The van der Waals surface area contributed by atoms with Crippen molar-refractivity contribution in [1.29, 1.82) is 0 Å². The first-order chi connectivity index (χ1) is 12.7. The summed E-state index contributed by atoms with van der Waals surface area (Å²) in [5, 5.41) is 4.44. The first kappa shape index (κ1) is 16.8. The van der Waals surface area contributed by atoms with Crippen LogP contribution in [0.1, 0.15) is 5.56 Å². The van der Waals surface area contributed by atoms with E-state index in [1.165, 1.54) is 0 Å². The van der Waals surface area contributed by atoms with E-state index in [4.69, 9.17) is 14.9 Å². The third-order valence-electron chi connectivity index (χ3n) is 4.72. The average Bonchev–Trinajstić information content (AvgIpc) is 3.27. The smallest absolute Gasteiger partial charge is 0.218 e. The second-order valence-electron chi connectivity index (χ2n) is 6.42. The third-order valence-corrected chi connectivity index (χ3v) is 4.72. The highest BCUT2D eigenvalue weighted by atomic mass is 16.5. The molecule has 4 heterocycles. The molecule has 0 amide bonds. The molecule has 0 bridgehead atoms. The van der Waals surface area contributed by atoms with Crippen LogP contribution in [-0.2, 0) is 4.74 Å². The van der Waals surface area contributed by atoms with Gasteiger partial charge in [-0.3, -0.25) is 4.90 Å². The molecule has 2 N–H and O–H groups in total. The number of aryl methyl sites for hydroxylation is 1. The molecule has 0 spiro atoms. The molecule has 0 aromatic carbocycles. The second kappa shape index (κ2) is 6.93. The Kier molecular flexibility index (Phi) is 4.48. The standard InChI is InChI=1S/C17H23N7O2/c1-12-16(23-7-5-22(6-8-23)9-10-25-2)19-11-24-17(12)20-15(21-24)13-3-4-14(18)26-13/h3-4,11H,5-10,18H2,1-2H3. The summed E-state index contributed by atoms with van der Waals surface area (Å²) in [4.78, 5) is 13.9. The van der Waals surface area contributed by atoms with Gasteiger partial charge >= 0.3 is 0 Å². The maximum absolute atomic E-state index is 5.64. The summed E-state index contributed by atoms with van der Waals surface area (Å²) >= 11 is 0. The zero-order chi connectivity index (χ0) is 18.1. The van der Waals surface area contributed by atoms with E-state index in [1.54, 1.807) is 30.1 Å². The van der Waals surface area contributed by atoms with Gasteiger partial charge in [0.1, 0.15) is 12.1 Å². The van der Waals surface area contributed by atoms with E-state index in [0.717, 1.165) is 56.4 Å². The van der Waals surface area contributed by atoms with Crippen molar-refractivity contribution in [2.75, 3.05) is 57.1 Å². The number of ether oxygens (including phenoxy) is 1. The maximum atomic E-state index is 5.64. The molecule has 9 nitrogen and oxygen atoms in total. The summed E-state index contributed by atoms with van der Waals surface area (Å²) in [7, 11) is 1.74. The van der Waals surface area contributed by atoms with Gasteiger partial charge in [-0.2, -0.15) is 0 Å². The lowest BCUT2D eigenvalue weighted by Crippen LogP contribution is -2.47. The molecule has 0 aliphatic carbocycles. The summed E-state index contributed by atoms with van der Waals surface area (Å²) in [6.45, 7) is 7.63. The van der Waals surface area contributed by atoms with Crippen molar-refractivity contribution in [3.8, 4) is 11.6 Å². The van der Waals surface area contributed by atoms with Crippen LogP contribution in [0.5, 0.6) is 0 Å². The fourth-order valence-electron chi connectivity index (χ4n) is 3.27. The number of hydrogen-bond acceptors (Lipinski definition) is 8. The fourth-order valence-corrected chi connectivity index (χ4v) is 3.27. The fraction of sp³-hybridized carbons (Fsp3) is 0.471. The first-order valence-electron chi connectivity index (χ1n) is 8.69. The van der Waals surface area contributed by atoms with Gasteiger partial charge in [-0.1, -0.05) is 0 Å². The topological polar surface area (TPSA) is 98.0 Å². The van der Waals surface area contributed by atoms with Gasteiger partial charge in [-0.05, 0) is 13.0 Å². The number of rotatable bonds is 5. The van der Waals surface area contributed by atoms with Crippen molar-refractivity contribution >= 4 is 17.3 Å². The minimum Gasteiger partial charge on any atom is -0.438 e. The van der Waals surface area contributed by atoms with Crippen LogP contribution >= 0.6 is 0 Å². The third kappa shape index (κ3) is 3.11. The van der Waals surface area contributed by atoms with Crippen molar-refractivity contribution in [1.82, 2.24) is 24.5 Å². The Labute approximate surface area is 151 Å². The number of hydrogen-bond donors (Lipinski definition) is 1. The van der Waals surface area contributed by atoms with Gasteiger partial charge in [0.25, 0.3) is 0 Å². The lowest BCUT2D eigenvalue weighted by atomic mass is 10.2. The van der Waals surface area contributed by atoms with Crippen LogP contribution in [0, 0.1) is 6.92 Å². The zero-order valence-electron chi connectivity index (χ0n) is 15.1. The molecule has 0 unspecified atom stereocenters. The van der Waals surface area contributed by atoms with Crippen molar-refractivity contribution in [3.63, 3.8) is 0 Å². The summed E-state index contributed by atoms with van der Waals surface area (Å²) in [5.41, 5.74) is 7.43. The number of fused-ring (bicyclic) bond motifs is 1. The molecule has 138 valence electrons. The number of furan rings is 1. The minimum absolute atomic E-state index is 0.348. The summed E-state index contributed by atoms with van der Waals surface area (Å²) in [6.07, 6.45) is 1.71. The molecule has 1 fully saturated rings. The predicted molar refractivity (Wildman–Crippen MR) is 98.2 cm³/mol. The largest absolute Gasteiger partial charge is 0.438 e. The summed E-state index contributed by atoms with van der Waals surface area (Å²) in [5.74, 6) is 2.37. The first-order valence-corrected chi connectivity index (χ1v) is 8.69. The van der Waals surface area contributed by atoms with Crippen LogP contribution in [0.25, 0.3) is 17.2 Å². The molecule has 3 aromatic rings. The Morgan fingerprint density at radius 2 is 2.04 bits per heavy atom. The molecule has 0 atom stereocenters. The van der Waals surface area contributed by atoms with Gasteiger partial charge in [0.05, 0.1) is 6.61 Å². The highest BCUT2D eigenvalue weighted by Gasteiger charge is 2.21. The molecule has 0 radical (unpaired) electrons. The van der Waals surface area contributed by atoms with E-state index < -0.39 is 0 Å². The number of anilines is 2. The molecule has 9 heteroatoms. The van der Waals surface area contributed by atoms with Crippen molar-refractivity contribution < 1.29 is 9.15 Å². The monoisotopic (exact) mass is 357 g/mol. The molecule has 26 heavy (non-hydrogen) atoms. The summed E-state index contributed by atoms with van der Waals surface area (Å²) in [6, 6.07) is 3.47. The van der Waals surface area contributed by atoms with Crippen LogP contribution in [-0.4, -0.2) is 70.9 Å². The van der Waals surface area contributed by atoms with E-state index >= 15 is 0 Å². The molecule has 4 rings (SSSR count). The van der Waals surface area contributed by atoms with Gasteiger partial charge in [-0.15, -0.1) is 5.10 Å². The number of piperazine rings is 1. The van der Waals surface area contributed by atoms with Crippen LogP contribution in [0.3, 0.4) is 0 Å². The number of nitrogen functional groups attached to an aromatic ring is 1. The normalized spacial score (nSPS) is 15.8. The SMILES string of the molecule is COCCN1CCN(c2ncn3nc(-c4ccc(N)o4)nc3c2C)CC1. The summed E-state index contributed by atoms with van der Waals surface area (Å²) < 4.78 is 12.3. The minimum atomic E-state index is 0.348. The zero-order valence-corrected chi connectivity index (χ0v) is 15.1. The predicted octanol–water partition coefficient (Wildman–Crippen LogP) is 1.04. The van der Waals surface area contributed by atoms with E-state index in [-0.39, 0.29) is 0 Å². The van der Waals surface area contributed by atoms with Crippen molar-refractivity contribution in [2.24, 2.45) is 0 Å². The van der Waals surface area contributed by atoms with E-state index in [9.17, 15) is 0 Å². The van der Waals surface area contributed by atoms with Crippen LogP contribution in [0.15, 0.2) is 22.9 Å². The Hall–Kier alpha value is -2.65. The van der Waals surface area contributed by atoms with Crippen LogP contribution in [0.4, 0.5) is 11.7 Å². The number of aromatic nitrogens is 4. The van der Waals surface area contributed by atoms with Gasteiger partial charge in [0.2, 0.25) is 5.82 Å². The number of methoxy groups -OCH3 is 1. The number of nitrogens with two attached hydrogens (primary N) is 1. The quantitative estimate of drug-likeness (QED) is 0.723. The van der Waals surface area contributed by atoms with Gasteiger partial charge in [0.15, 0.2) is 17.3 Å². The van der Waals surface area contributed by atoms with Gasteiger partial charge in [0, 0.05) is 51.5 Å². The van der Waals surface area contributed by atoms with E-state index in [2.05, 4.69) is 24.9 Å². The van der Waals surface area contributed by atoms with Crippen LogP contribution < -0.4 is 10.6 Å². The maximum Gasteiger partial charge on any atom is 0.218 e. The Bertz CT molecular complexity index is 896. The Morgan fingerprint density at radius 3 is 2.73 bits per heavy atom. The van der Waals surface area contributed by atoms with Gasteiger partial charge < -0.3 is 19.8 Å². The molecule has 1 saturated heterocycles. The van der Waals surface area contributed by atoms with Crippen LogP contribution in [0.2, 0.25) is 0 Å². The molecule has 3 aromatic heterocycles. The Balaban J connectivity index is 1.56. The molecule has 1 aliphatic rings. The Morgan fingerprint density at radius 1 is 1.23 bits per heavy atom. The lowest BCUT2D eigenvalue weighted by Gasteiger charge is -2.35. The number of nitrogens with zero attached hydrogens (tertiary/aromatic N) is 6. The highest BCUT2D eigenvalue weighted by molar-refractivity contribution is 5.63. The van der Waals surface area contributed by atoms with Gasteiger partial charge in [-0.25, -0.2) is 14.5 Å².